The van der Waals surface area contributed by atoms with E-state index in [9.17, 15) is 9.59 Å². The van der Waals surface area contributed by atoms with Crippen LogP contribution in [0.15, 0.2) is 42.5 Å². The molecule has 1 N–H and O–H groups in total. The van der Waals surface area contributed by atoms with E-state index in [0.717, 1.165) is 31.7 Å². The van der Waals surface area contributed by atoms with E-state index in [1.807, 2.05) is 12.1 Å². The average molecular weight is 323 g/mol. The average Bonchev–Trinajstić information content (AvgIpc) is 2.63. The summed E-state index contributed by atoms with van der Waals surface area (Å²) in [6.45, 7) is 3.47. The molecule has 0 unspecified atom stereocenters. The minimum Gasteiger partial charge on any atom is -0.357 e. The van der Waals surface area contributed by atoms with Gasteiger partial charge in [-0.15, -0.1) is 0 Å². The van der Waals surface area contributed by atoms with Crippen LogP contribution in [0.25, 0.3) is 0 Å². The van der Waals surface area contributed by atoms with Gasteiger partial charge in [0.05, 0.1) is 0 Å². The molecule has 1 aliphatic rings. The number of aromatic nitrogens is 1. The number of carbonyl (C=O) groups is 2. The van der Waals surface area contributed by atoms with Crippen LogP contribution >= 0.6 is 0 Å². The molecule has 0 bridgehead atoms. The zero-order chi connectivity index (χ0) is 16.9. The summed E-state index contributed by atoms with van der Waals surface area (Å²) in [6, 6.07) is 12.4. The Hall–Kier alpha value is -2.69. The van der Waals surface area contributed by atoms with Crippen molar-refractivity contribution in [2.45, 2.75) is 26.2 Å². The monoisotopic (exact) mass is 323 g/mol. The summed E-state index contributed by atoms with van der Waals surface area (Å²) in [5, 5.41) is 2.81. The topological polar surface area (TPSA) is 62.3 Å². The van der Waals surface area contributed by atoms with E-state index >= 15 is 0 Å². The van der Waals surface area contributed by atoms with Crippen molar-refractivity contribution in [3.05, 3.63) is 53.7 Å². The van der Waals surface area contributed by atoms with Gasteiger partial charge in [-0.3, -0.25) is 9.59 Å². The minimum atomic E-state index is -0.269. The summed E-state index contributed by atoms with van der Waals surface area (Å²) in [6.07, 6.45) is 3.58. The zero-order valence-corrected chi connectivity index (χ0v) is 13.8. The second kappa shape index (κ2) is 7.25. The third-order valence-electron chi connectivity index (χ3n) is 4.17. The van der Waals surface area contributed by atoms with E-state index in [4.69, 9.17) is 0 Å². The molecule has 1 aromatic carbocycles. The first-order chi connectivity index (χ1) is 11.6. The molecule has 1 amide bonds. The summed E-state index contributed by atoms with van der Waals surface area (Å²) in [5.41, 5.74) is 1.55. The molecule has 0 saturated carbocycles. The van der Waals surface area contributed by atoms with Gasteiger partial charge in [-0.2, -0.15) is 0 Å². The molecule has 1 aliphatic heterocycles. The maximum atomic E-state index is 12.5. The van der Waals surface area contributed by atoms with Gasteiger partial charge in [0.25, 0.3) is 5.91 Å². The Morgan fingerprint density at radius 1 is 1.04 bits per heavy atom. The molecule has 0 atom stereocenters. The van der Waals surface area contributed by atoms with Crippen molar-refractivity contribution in [3.63, 3.8) is 0 Å². The molecule has 5 nitrogen and oxygen atoms in total. The van der Waals surface area contributed by atoms with Crippen LogP contribution in [0.2, 0.25) is 0 Å². The Labute approximate surface area is 141 Å². The molecular formula is C19H21N3O2. The van der Waals surface area contributed by atoms with Gasteiger partial charge in [0.1, 0.15) is 11.5 Å². The number of amides is 1. The van der Waals surface area contributed by atoms with E-state index in [1.54, 1.807) is 30.3 Å². The quantitative estimate of drug-likeness (QED) is 0.874. The summed E-state index contributed by atoms with van der Waals surface area (Å²) in [5.74, 6) is 0.547. The van der Waals surface area contributed by atoms with Gasteiger partial charge in [-0.25, -0.2) is 4.98 Å². The first-order valence-electron chi connectivity index (χ1n) is 8.28. The molecule has 0 radical (unpaired) electrons. The van der Waals surface area contributed by atoms with Gasteiger partial charge in [0.15, 0.2) is 5.78 Å². The number of piperidine rings is 1. The predicted molar refractivity (Wildman–Crippen MR) is 94.7 cm³/mol. The lowest BCUT2D eigenvalue weighted by molar-refractivity contribution is 0.100. The molecule has 2 heterocycles. The zero-order valence-electron chi connectivity index (χ0n) is 13.8. The lowest BCUT2D eigenvalue weighted by Gasteiger charge is -2.27. The molecule has 1 saturated heterocycles. The highest BCUT2D eigenvalue weighted by atomic mass is 16.2. The number of carbonyl (C=O) groups excluding carboxylic acids is 2. The standard InChI is InChI=1S/C19H21N3O2/c1-14(23)15-7-5-8-16(13-15)20-19(24)17-9-6-10-18(21-17)22-11-3-2-4-12-22/h5-10,13H,2-4,11-12H2,1H3,(H,20,24). The number of pyridine rings is 1. The normalized spacial score (nSPS) is 14.3. The Morgan fingerprint density at radius 2 is 1.79 bits per heavy atom. The largest absolute Gasteiger partial charge is 0.357 e. The van der Waals surface area contributed by atoms with Crippen molar-refractivity contribution < 1.29 is 9.59 Å². The number of nitrogens with zero attached hydrogens (tertiary/aromatic N) is 2. The van der Waals surface area contributed by atoms with Crippen LogP contribution in [0.4, 0.5) is 11.5 Å². The molecule has 124 valence electrons. The van der Waals surface area contributed by atoms with E-state index < -0.39 is 0 Å². The van der Waals surface area contributed by atoms with Crippen molar-refractivity contribution in [3.8, 4) is 0 Å². The number of hydrogen-bond acceptors (Lipinski definition) is 4. The van der Waals surface area contributed by atoms with Gasteiger partial charge in [-0.05, 0) is 50.5 Å². The summed E-state index contributed by atoms with van der Waals surface area (Å²) < 4.78 is 0. The minimum absolute atomic E-state index is 0.0312. The van der Waals surface area contributed by atoms with Crippen LogP contribution in [-0.4, -0.2) is 29.8 Å². The SMILES string of the molecule is CC(=O)c1cccc(NC(=O)c2cccc(N3CCCCC3)n2)c1. The third kappa shape index (κ3) is 3.79. The van der Waals surface area contributed by atoms with Crippen LogP contribution in [0.3, 0.4) is 0 Å². The smallest absolute Gasteiger partial charge is 0.274 e. The maximum absolute atomic E-state index is 12.5. The van der Waals surface area contributed by atoms with Gasteiger partial charge in [-0.1, -0.05) is 18.2 Å². The van der Waals surface area contributed by atoms with Crippen molar-refractivity contribution in [1.29, 1.82) is 0 Å². The molecular weight excluding hydrogens is 302 g/mol. The second-order valence-electron chi connectivity index (χ2n) is 6.02. The Balaban J connectivity index is 1.75. The highest BCUT2D eigenvalue weighted by molar-refractivity contribution is 6.04. The highest BCUT2D eigenvalue weighted by Crippen LogP contribution is 2.18. The van der Waals surface area contributed by atoms with E-state index in [-0.39, 0.29) is 11.7 Å². The lowest BCUT2D eigenvalue weighted by atomic mass is 10.1. The van der Waals surface area contributed by atoms with Crippen LogP contribution in [0, 0.1) is 0 Å². The predicted octanol–water partition coefficient (Wildman–Crippen LogP) is 3.53. The Kier molecular flexibility index (Phi) is 4.89. The van der Waals surface area contributed by atoms with Crippen LogP contribution in [-0.2, 0) is 0 Å². The van der Waals surface area contributed by atoms with Gasteiger partial charge >= 0.3 is 0 Å². The number of ketones is 1. The van der Waals surface area contributed by atoms with Crippen LogP contribution in [0.1, 0.15) is 47.0 Å². The van der Waals surface area contributed by atoms with Crippen molar-refractivity contribution in [1.82, 2.24) is 4.98 Å². The van der Waals surface area contributed by atoms with Crippen molar-refractivity contribution in [2.75, 3.05) is 23.3 Å². The maximum Gasteiger partial charge on any atom is 0.274 e. The van der Waals surface area contributed by atoms with Crippen molar-refractivity contribution in [2.24, 2.45) is 0 Å². The molecule has 0 aliphatic carbocycles. The Bertz CT molecular complexity index is 752. The number of benzene rings is 1. The fourth-order valence-corrected chi connectivity index (χ4v) is 2.86. The molecule has 3 rings (SSSR count). The van der Waals surface area contributed by atoms with Gasteiger partial charge in [0, 0.05) is 24.3 Å². The first-order valence-corrected chi connectivity index (χ1v) is 8.28. The number of hydrogen-bond donors (Lipinski definition) is 1. The van der Waals surface area contributed by atoms with E-state index in [1.165, 1.54) is 13.3 Å². The van der Waals surface area contributed by atoms with E-state index in [2.05, 4.69) is 15.2 Å². The molecule has 5 heteroatoms. The summed E-state index contributed by atoms with van der Waals surface area (Å²) >= 11 is 0. The molecule has 2 aromatic rings. The molecule has 1 aromatic heterocycles. The number of rotatable bonds is 4. The lowest BCUT2D eigenvalue weighted by Crippen LogP contribution is -2.30. The molecule has 1 fully saturated rings. The fraction of sp³-hybridized carbons (Fsp3) is 0.316. The van der Waals surface area contributed by atoms with Crippen LogP contribution in [0.5, 0.6) is 0 Å². The van der Waals surface area contributed by atoms with Crippen LogP contribution < -0.4 is 10.2 Å². The number of anilines is 2. The van der Waals surface area contributed by atoms with Gasteiger partial charge < -0.3 is 10.2 Å². The third-order valence-corrected chi connectivity index (χ3v) is 4.17. The molecule has 0 spiro atoms. The van der Waals surface area contributed by atoms with Gasteiger partial charge in [0.2, 0.25) is 0 Å². The second-order valence-corrected chi connectivity index (χ2v) is 6.02. The fourth-order valence-electron chi connectivity index (χ4n) is 2.86. The van der Waals surface area contributed by atoms with E-state index in [0.29, 0.717) is 16.9 Å². The summed E-state index contributed by atoms with van der Waals surface area (Å²) in [4.78, 5) is 30.6. The highest BCUT2D eigenvalue weighted by Gasteiger charge is 2.15. The number of Topliss-reactive ketones (excluding diaryl/α,β-unsaturated/α-hetero) is 1. The number of nitrogens with one attached hydrogen (secondary N) is 1. The Morgan fingerprint density at radius 3 is 2.54 bits per heavy atom. The summed E-state index contributed by atoms with van der Waals surface area (Å²) in [7, 11) is 0. The first kappa shape index (κ1) is 16.2. The van der Waals surface area contributed by atoms with Crippen molar-refractivity contribution >= 4 is 23.2 Å². The molecule has 24 heavy (non-hydrogen) atoms.